The highest BCUT2D eigenvalue weighted by molar-refractivity contribution is 7.89. The van der Waals surface area contributed by atoms with Crippen molar-refractivity contribution in [2.24, 2.45) is 0 Å². The molecule has 0 radical (unpaired) electrons. The summed E-state index contributed by atoms with van der Waals surface area (Å²) in [6, 6.07) is 51.3. The Morgan fingerprint density at radius 1 is 0.311 bits per heavy atom. The monoisotopic (exact) mass is 2110 g/mol. The Morgan fingerprint density at radius 3 is 0.892 bits per heavy atom. The lowest BCUT2D eigenvalue weighted by molar-refractivity contribution is -0.138. The number of carboxylic acids is 3. The second-order valence-corrected chi connectivity index (χ2v) is 42.5. The van der Waals surface area contributed by atoms with Crippen molar-refractivity contribution in [3.63, 3.8) is 0 Å². The molecule has 3 aliphatic rings. The van der Waals surface area contributed by atoms with Crippen LogP contribution < -0.4 is 14.7 Å². The zero-order chi connectivity index (χ0) is 107. The van der Waals surface area contributed by atoms with Crippen LogP contribution in [0.5, 0.6) is 17.2 Å². The van der Waals surface area contributed by atoms with E-state index in [4.69, 9.17) is 0 Å². The average molecular weight is 2110 g/mol. The van der Waals surface area contributed by atoms with E-state index >= 15 is 0 Å². The summed E-state index contributed by atoms with van der Waals surface area (Å²) in [6.45, 7) is -1.56. The number of benzene rings is 12. The Hall–Kier alpha value is -14.3. The maximum atomic E-state index is 14.8. The highest BCUT2D eigenvalue weighted by Crippen LogP contribution is 2.41. The first-order valence-corrected chi connectivity index (χ1v) is 51.5. The Morgan fingerprint density at radius 2 is 0.601 bits per heavy atom. The molecule has 3 aliphatic carbocycles. The number of anilines is 3. The summed E-state index contributed by atoms with van der Waals surface area (Å²) in [4.78, 5) is 79.5. The summed E-state index contributed by atoms with van der Waals surface area (Å²) < 4.78 is 256. The number of alkyl halides is 3. The molecule has 6 N–H and O–H groups in total. The molecule has 0 bridgehead atoms. The fourth-order valence-electron chi connectivity index (χ4n) is 18.1. The van der Waals surface area contributed by atoms with Gasteiger partial charge in [-0.2, -0.15) is 26.1 Å². The van der Waals surface area contributed by atoms with Crippen molar-refractivity contribution in [1.82, 2.24) is 12.9 Å². The van der Waals surface area contributed by atoms with Crippen molar-refractivity contribution in [2.45, 2.75) is 195 Å². The molecule has 0 aromatic heterocycles. The van der Waals surface area contributed by atoms with Crippen LogP contribution in [-0.4, -0.2) is 124 Å². The standard InChI is InChI=1S/C37H36F4N2O6S.2C36H34F4N2O6S/c1-24-7-16-31(17-8-24)50(48,49)42(22-28-13-14-29(38)19-33(28)37(39,40)41)23-35(45)43(30-15-18-32(36(46)47)34(44)20-30)21-25-9-11-27(12-10-25)26-5-3-2-4-6-26;1-22-7-14-28(15-8-22)49(47,48)41(20-26-17-30(37)34(39)35(40)33(26)38)21-32(44)42(27-13-16-29(36(45)46)31(43)18-27)19-23-9-11-25(12-10-23)24-5-3-2-4-6-24;1-22-7-14-27(15-8-22)49(47,48)41(20-29-34(39)30(37)18-31(38)35(29)40)21-33(44)42(26-13-16-28(36(45)46)32(43)17-26)19-23-9-11-25(12-10-23)24-5-3-2-4-6-24/h7-20,26,44H,2-6,21-23H2,1H3,(H,46,47);2*7-18,24,43H,2-6,19-21H2,1H3,(H,45,46). The van der Waals surface area contributed by atoms with Crippen molar-refractivity contribution in [1.29, 1.82) is 0 Å². The Balaban J connectivity index is 0.000000185. The van der Waals surface area contributed by atoms with E-state index in [2.05, 4.69) is 0 Å². The summed E-state index contributed by atoms with van der Waals surface area (Å²) in [5, 5.41) is 59.6. The number of hydrogen-bond acceptors (Lipinski definition) is 15. The second-order valence-electron chi connectivity index (χ2n) is 36.7. The van der Waals surface area contributed by atoms with Gasteiger partial charge in [0.05, 0.1) is 59.5 Å². The zero-order valence-corrected chi connectivity index (χ0v) is 82.6. The van der Waals surface area contributed by atoms with Gasteiger partial charge in [0.25, 0.3) is 0 Å². The minimum atomic E-state index is -5.03. The lowest BCUT2D eigenvalue weighted by Crippen LogP contribution is -2.43. The lowest BCUT2D eigenvalue weighted by Gasteiger charge is -2.29. The van der Waals surface area contributed by atoms with Gasteiger partial charge in [-0.1, -0.05) is 190 Å². The first-order chi connectivity index (χ1) is 70.1. The summed E-state index contributed by atoms with van der Waals surface area (Å²) in [7, 11) is -14.0. The van der Waals surface area contributed by atoms with Crippen LogP contribution in [0.4, 0.5) is 69.7 Å². The molecule has 15 rings (SSSR count). The number of hydrogen-bond donors (Lipinski definition) is 6. The molecular formula is C109H104F12N6O18S3. The molecule has 0 saturated heterocycles. The van der Waals surface area contributed by atoms with Gasteiger partial charge in [0.2, 0.25) is 47.8 Å². The van der Waals surface area contributed by atoms with E-state index in [-0.39, 0.29) is 63.5 Å². The summed E-state index contributed by atoms with van der Waals surface area (Å²) >= 11 is 0. The third-order valence-electron chi connectivity index (χ3n) is 26.4. The second kappa shape index (κ2) is 48.2. The first kappa shape index (κ1) is 111. The minimum Gasteiger partial charge on any atom is -0.507 e. The molecule has 12 aromatic rings. The van der Waals surface area contributed by atoms with E-state index < -0.39 is 220 Å². The first-order valence-electron chi connectivity index (χ1n) is 47.2. The molecule has 0 heterocycles. The van der Waals surface area contributed by atoms with Crippen LogP contribution in [0, 0.1) is 73.1 Å². The molecule has 780 valence electrons. The Bertz CT molecular complexity index is 7220. The molecule has 0 spiro atoms. The van der Waals surface area contributed by atoms with E-state index in [9.17, 15) is 137 Å². The molecule has 3 amide bonds. The van der Waals surface area contributed by atoms with Crippen LogP contribution in [0.3, 0.4) is 0 Å². The number of carboxylic acid groups (broad SMARTS) is 3. The molecule has 12 aromatic carbocycles. The van der Waals surface area contributed by atoms with Crippen molar-refractivity contribution >= 4 is 82.8 Å². The highest BCUT2D eigenvalue weighted by Gasteiger charge is 2.40. The zero-order valence-electron chi connectivity index (χ0n) is 80.2. The van der Waals surface area contributed by atoms with Crippen molar-refractivity contribution < 1.29 is 137 Å². The summed E-state index contributed by atoms with van der Waals surface area (Å²) in [5.74, 6) is -23.9. The fraction of sp³-hybridized carbons (Fsp3) is 0.284. The number of aromatic carboxylic acids is 3. The normalized spacial score (nSPS) is 13.9. The van der Waals surface area contributed by atoms with Crippen LogP contribution in [0.25, 0.3) is 0 Å². The molecule has 0 atom stereocenters. The molecule has 148 heavy (non-hydrogen) atoms. The van der Waals surface area contributed by atoms with Crippen molar-refractivity contribution in [3.05, 3.63) is 372 Å². The number of aryl methyl sites for hydroxylation is 3. The van der Waals surface area contributed by atoms with E-state index in [1.807, 2.05) is 60.7 Å². The van der Waals surface area contributed by atoms with Gasteiger partial charge in [-0.15, -0.1) is 0 Å². The predicted molar refractivity (Wildman–Crippen MR) is 526 cm³/mol. The molecule has 39 heteroatoms. The summed E-state index contributed by atoms with van der Waals surface area (Å²) in [6.07, 6.45) is 11.7. The van der Waals surface area contributed by atoms with Crippen LogP contribution >= 0.6 is 0 Å². The highest BCUT2D eigenvalue weighted by atomic mass is 32.2. The number of amides is 3. The van der Waals surface area contributed by atoms with E-state index in [0.29, 0.717) is 64.6 Å². The predicted octanol–water partition coefficient (Wildman–Crippen LogP) is 22.9. The Kier molecular flexibility index (Phi) is 36.1. The van der Waals surface area contributed by atoms with Crippen LogP contribution in [0.2, 0.25) is 0 Å². The quantitative estimate of drug-likeness (QED) is 0.0126. The Labute approximate surface area is 846 Å². The van der Waals surface area contributed by atoms with Gasteiger partial charge in [0.1, 0.15) is 39.8 Å². The third kappa shape index (κ3) is 27.2. The van der Waals surface area contributed by atoms with Gasteiger partial charge in [-0.05, 0) is 207 Å². The van der Waals surface area contributed by atoms with Crippen molar-refractivity contribution in [3.8, 4) is 17.2 Å². The van der Waals surface area contributed by atoms with Gasteiger partial charge < -0.3 is 45.3 Å². The van der Waals surface area contributed by atoms with E-state index in [0.717, 1.165) is 163 Å². The van der Waals surface area contributed by atoms with Gasteiger partial charge in [-0.3, -0.25) is 14.4 Å². The number of halogens is 12. The molecule has 3 fully saturated rings. The summed E-state index contributed by atoms with van der Waals surface area (Å²) in [5.41, 5.74) is 2.04. The fourth-order valence-corrected chi connectivity index (χ4v) is 22.2. The van der Waals surface area contributed by atoms with E-state index in [1.165, 1.54) is 110 Å². The minimum absolute atomic E-state index is 0.00727. The van der Waals surface area contributed by atoms with Crippen LogP contribution in [0.15, 0.2) is 245 Å². The number of nitrogens with zero attached hydrogens (tertiary/aromatic N) is 6. The van der Waals surface area contributed by atoms with Gasteiger partial charge in [0, 0.05) is 72.1 Å². The van der Waals surface area contributed by atoms with Crippen LogP contribution in [-0.2, 0) is 89.9 Å². The number of carbonyl (C=O) groups is 6. The lowest BCUT2D eigenvalue weighted by atomic mass is 9.84. The number of carbonyl (C=O) groups excluding carboxylic acids is 3. The smallest absolute Gasteiger partial charge is 0.416 e. The molecule has 0 aliphatic heterocycles. The number of rotatable bonds is 33. The van der Waals surface area contributed by atoms with Crippen molar-refractivity contribution in [2.75, 3.05) is 34.3 Å². The topological polar surface area (TPSA) is 346 Å². The van der Waals surface area contributed by atoms with Gasteiger partial charge in [-0.25, -0.2) is 79.2 Å². The largest absolute Gasteiger partial charge is 0.507 e. The molecule has 0 unspecified atom stereocenters. The third-order valence-corrected chi connectivity index (χ3v) is 31.8. The molecular weight excluding hydrogens is 2010 g/mol. The number of sulfonamides is 3. The van der Waals surface area contributed by atoms with Crippen LogP contribution in [0.1, 0.15) is 217 Å². The maximum Gasteiger partial charge on any atom is 0.416 e. The van der Waals surface area contributed by atoms with Gasteiger partial charge in [0.15, 0.2) is 46.5 Å². The maximum absolute atomic E-state index is 14.8. The average Bonchev–Trinajstić information content (AvgIpc) is 0.780. The van der Waals surface area contributed by atoms with E-state index in [1.54, 1.807) is 32.9 Å². The SMILES string of the molecule is Cc1ccc(S(=O)(=O)N(CC(=O)N(Cc2ccc(C3CCCCC3)cc2)c2ccc(C(=O)O)c(O)c2)Cc2c(F)c(F)cc(F)c2F)cc1.Cc1ccc(S(=O)(=O)N(CC(=O)N(Cc2ccc(C3CCCCC3)cc2)c2ccc(C(=O)O)c(O)c2)Cc2cc(F)c(F)c(F)c2F)cc1.Cc1ccc(S(=O)(=O)N(CC(=O)N(Cc2ccc(C3CCCCC3)cc2)c2ccc(C(=O)O)c(O)c2)Cc2ccc(F)cc2C(F)(F)F)cc1. The van der Waals surface area contributed by atoms with Gasteiger partial charge >= 0.3 is 24.1 Å². The molecule has 24 nitrogen and oxygen atoms in total. The number of aromatic hydroxyl groups is 3. The molecule has 3 saturated carbocycles. The number of phenols is 3.